The second-order valence-electron chi connectivity index (χ2n) is 25.6. The first-order valence-corrected chi connectivity index (χ1v) is 37.2. The van der Waals surface area contributed by atoms with Gasteiger partial charge in [-0.1, -0.05) is 108 Å². The van der Waals surface area contributed by atoms with E-state index in [2.05, 4.69) is 26.6 Å². The molecule has 1 fully saturated rings. The molecule has 0 unspecified atom stereocenters. The summed E-state index contributed by atoms with van der Waals surface area (Å²) < 4.78 is 0. The average molecular weight is 1410 g/mol. The first-order valence-electron chi connectivity index (χ1n) is 34.9. The van der Waals surface area contributed by atoms with Gasteiger partial charge < -0.3 is 58.7 Å². The number of carboxylic acids is 4. The molecular weight excluding hydrogens is 1290 g/mol. The minimum Gasteiger partial charge on any atom is -0.508 e. The Morgan fingerprint density at radius 3 is 1.67 bits per heavy atom. The fourth-order valence-electron chi connectivity index (χ4n) is 11.4. The summed E-state index contributed by atoms with van der Waals surface area (Å²) >= 11 is 2.88. The van der Waals surface area contributed by atoms with Crippen LogP contribution >= 0.6 is 23.5 Å². The van der Waals surface area contributed by atoms with E-state index in [1.807, 2.05) is 0 Å². The molecule has 28 heteroatoms. The topological polar surface area (TPSA) is 461 Å². The van der Waals surface area contributed by atoms with Gasteiger partial charge in [-0.05, 0) is 101 Å². The number of rotatable bonds is 58. The van der Waals surface area contributed by atoms with Crippen LogP contribution in [0.2, 0.25) is 0 Å². The van der Waals surface area contributed by atoms with Crippen LogP contribution in [-0.2, 0) is 68.7 Å². The van der Waals surface area contributed by atoms with Crippen molar-refractivity contribution in [3.63, 3.8) is 0 Å². The van der Waals surface area contributed by atoms with E-state index in [4.69, 9.17) is 27.4 Å². The molecule has 8 atom stereocenters. The molecular formula is C69H112N8O18S2. The molecule has 4 amide bonds. The number of hydrogen-bond acceptors (Lipinski definition) is 20. The lowest BCUT2D eigenvalue weighted by molar-refractivity contribution is -0.145. The molecule has 548 valence electrons. The largest absolute Gasteiger partial charge is 0.508 e. The van der Waals surface area contributed by atoms with Gasteiger partial charge >= 0.3 is 23.9 Å². The monoisotopic (exact) mass is 1400 g/mol. The molecule has 0 radical (unpaired) electrons. The number of aromatic hydroxyl groups is 1. The summed E-state index contributed by atoms with van der Waals surface area (Å²) in [6, 6.07) is 0.877. The van der Waals surface area contributed by atoms with Gasteiger partial charge in [0.1, 0.15) is 35.2 Å². The van der Waals surface area contributed by atoms with Crippen LogP contribution in [0, 0.1) is 17.8 Å². The summed E-state index contributed by atoms with van der Waals surface area (Å²) in [5.74, 6) is -10.1. The lowest BCUT2D eigenvalue weighted by atomic mass is 9.85. The minimum absolute atomic E-state index is 0.00282. The van der Waals surface area contributed by atoms with Gasteiger partial charge in [0.2, 0.25) is 23.6 Å². The summed E-state index contributed by atoms with van der Waals surface area (Å²) in [5, 5.41) is 61.5. The first kappa shape index (κ1) is 86.8. The van der Waals surface area contributed by atoms with Crippen LogP contribution < -0.4 is 43.8 Å². The molecule has 1 aliphatic heterocycles. The van der Waals surface area contributed by atoms with E-state index < -0.39 is 95.5 Å². The number of aliphatic carboxylic acids is 4. The van der Waals surface area contributed by atoms with Crippen molar-refractivity contribution in [2.24, 2.45) is 35.0 Å². The van der Waals surface area contributed by atoms with Gasteiger partial charge in [0.25, 0.3) is 0 Å². The normalized spacial score (nSPS) is 16.1. The van der Waals surface area contributed by atoms with Crippen molar-refractivity contribution in [2.75, 3.05) is 42.8 Å². The van der Waals surface area contributed by atoms with Crippen molar-refractivity contribution in [2.45, 2.75) is 255 Å². The molecule has 16 N–H and O–H groups in total. The third kappa shape index (κ3) is 42.3. The number of phenols is 1. The van der Waals surface area contributed by atoms with Crippen molar-refractivity contribution in [1.82, 2.24) is 26.6 Å². The molecule has 0 aliphatic carbocycles. The van der Waals surface area contributed by atoms with Crippen LogP contribution in [-0.4, -0.2) is 175 Å². The highest BCUT2D eigenvalue weighted by atomic mass is 32.2. The van der Waals surface area contributed by atoms with E-state index >= 15 is 0 Å². The Bertz CT molecular complexity index is 2600. The number of carboxylic acid groups (broad SMARTS) is 4. The van der Waals surface area contributed by atoms with Crippen molar-refractivity contribution >= 4 is 99.9 Å². The highest BCUT2D eigenvalue weighted by Gasteiger charge is 2.30. The molecule has 0 spiro atoms. The van der Waals surface area contributed by atoms with Gasteiger partial charge in [-0.2, -0.15) is 0 Å². The molecule has 1 saturated heterocycles. The lowest BCUT2D eigenvalue weighted by Crippen LogP contribution is -2.50. The Balaban J connectivity index is 1.90. The zero-order valence-electron chi connectivity index (χ0n) is 56.7. The molecule has 0 bridgehead atoms. The van der Waals surface area contributed by atoms with Crippen molar-refractivity contribution in [1.29, 1.82) is 0 Å². The smallest absolute Gasteiger partial charge is 0.326 e. The van der Waals surface area contributed by atoms with E-state index in [0.717, 1.165) is 57.8 Å². The maximum absolute atomic E-state index is 14.1. The van der Waals surface area contributed by atoms with Gasteiger partial charge in [-0.3, -0.25) is 68.2 Å². The molecule has 0 aromatic heterocycles. The van der Waals surface area contributed by atoms with Crippen LogP contribution in [0.5, 0.6) is 5.75 Å². The molecule has 1 aromatic rings. The van der Waals surface area contributed by atoms with E-state index in [0.29, 0.717) is 48.5 Å². The number of primary amides is 1. The highest BCUT2D eigenvalue weighted by molar-refractivity contribution is 8.16. The van der Waals surface area contributed by atoms with Gasteiger partial charge in [0, 0.05) is 86.3 Å². The van der Waals surface area contributed by atoms with Gasteiger partial charge in [0.05, 0.1) is 37.1 Å². The number of carbonyl (C=O) groups is 13. The molecule has 1 aromatic carbocycles. The summed E-state index contributed by atoms with van der Waals surface area (Å²) in [7, 11) is 0. The number of benzene rings is 1. The average Bonchev–Trinajstić information content (AvgIpc) is 1.30. The number of hydrogen-bond donors (Lipinski definition) is 13. The number of ketones is 5. The fraction of sp³-hybridized carbons (Fsp3) is 0.725. The van der Waals surface area contributed by atoms with E-state index in [9.17, 15) is 77.6 Å². The van der Waals surface area contributed by atoms with E-state index in [1.165, 1.54) is 74.2 Å². The molecule has 1 aliphatic rings. The Hall–Kier alpha value is -6.33. The van der Waals surface area contributed by atoms with Crippen LogP contribution in [0.15, 0.2) is 24.3 Å². The van der Waals surface area contributed by atoms with Crippen molar-refractivity contribution < 1.29 is 87.9 Å². The predicted molar refractivity (Wildman–Crippen MR) is 371 cm³/mol. The van der Waals surface area contributed by atoms with Crippen LogP contribution in [0.3, 0.4) is 0 Å². The zero-order valence-corrected chi connectivity index (χ0v) is 58.4. The number of nitrogens with two attached hydrogens (primary N) is 3. The second kappa shape index (κ2) is 52.7. The lowest BCUT2D eigenvalue weighted by Gasteiger charge is -2.24. The van der Waals surface area contributed by atoms with Crippen LogP contribution in [0.4, 0.5) is 0 Å². The number of amides is 4. The van der Waals surface area contributed by atoms with Crippen LogP contribution in [0.25, 0.3) is 0 Å². The van der Waals surface area contributed by atoms with Gasteiger partial charge in [0.15, 0.2) is 11.6 Å². The summed E-state index contributed by atoms with van der Waals surface area (Å²) in [5.41, 5.74) is 17.8. The van der Waals surface area contributed by atoms with Gasteiger partial charge in [-0.15, -0.1) is 23.5 Å². The first-order chi connectivity index (χ1) is 46.4. The number of nitrogens with one attached hydrogen (secondary N) is 5. The van der Waals surface area contributed by atoms with Crippen molar-refractivity contribution in [3.05, 3.63) is 29.8 Å². The minimum atomic E-state index is -1.46. The Morgan fingerprint density at radius 2 is 1.09 bits per heavy atom. The maximum Gasteiger partial charge on any atom is 0.326 e. The molecule has 97 heavy (non-hydrogen) atoms. The van der Waals surface area contributed by atoms with E-state index in [1.54, 1.807) is 12.1 Å². The standard InChI is InChI=1S/C69H112N8O18S2/c70-38-19-21-48(27-34-59(81)56-44-96-46-97-45-57(61(83)43-75-56)77-64(86)36-31-53(71)68(92)93)58(80)33-26-49(60(82)42-74-55(66(72)89)40-47-24-29-51(78)30-25-47)20-17-18-39-73-62(84)37-32-54(69(94)95)76-63(85)35-28-50(67(90)91)41-52(79)22-15-13-11-9-7-5-3-1-2-4-6-8-10-12-14-16-23-65(87)88/h24-25,29-30,48-50,53-57,74-75,78H,1-23,26-28,31-46,70-71H2,(H2,72,89)(H,73,84)(H,76,85)(H,77,86)(H,87,88)(H,90,91)(H,92,93)(H,94,95)/t48-,49-,50-,53+,54+,55+,56+,57+/m1/s1. The second-order valence-corrected chi connectivity index (χ2v) is 28.0. The highest BCUT2D eigenvalue weighted by Crippen LogP contribution is 2.25. The fourth-order valence-corrected chi connectivity index (χ4v) is 13.7. The third-order valence-corrected chi connectivity index (χ3v) is 20.0. The Labute approximate surface area is 580 Å². The summed E-state index contributed by atoms with van der Waals surface area (Å²) in [6.45, 7) is -0.0835. The summed E-state index contributed by atoms with van der Waals surface area (Å²) in [4.78, 5) is 165. The number of Topliss-reactive ketones (excluding diaryl/α,β-unsaturated/α-hetero) is 5. The third-order valence-electron chi connectivity index (χ3n) is 17.5. The number of phenolic OH excluding ortho intramolecular Hbond substituents is 1. The molecule has 26 nitrogen and oxygen atoms in total. The molecule has 1 heterocycles. The quantitative estimate of drug-likeness (QED) is 0.0312. The summed E-state index contributed by atoms with van der Waals surface area (Å²) in [6.07, 6.45) is 18.2. The Morgan fingerprint density at radius 1 is 0.546 bits per heavy atom. The molecule has 0 saturated carbocycles. The van der Waals surface area contributed by atoms with Crippen LogP contribution in [0.1, 0.15) is 224 Å². The molecule has 2 rings (SSSR count). The zero-order chi connectivity index (χ0) is 71.8. The predicted octanol–water partition coefficient (Wildman–Crippen LogP) is 6.44. The number of carbonyl (C=O) groups excluding carboxylic acids is 9. The van der Waals surface area contributed by atoms with Crippen molar-refractivity contribution in [3.8, 4) is 5.75 Å². The maximum atomic E-state index is 14.1. The number of unbranched alkanes of at least 4 members (excludes halogenated alkanes) is 16. The SMILES string of the molecule is NCCC[C@H](CCC(=O)[C@@H]1CSCSC[C@H](NC(=O)CC[C@H](N)C(=O)O)C(=O)CN1)C(=O)CC[C@@H](CCCCNC(=O)CC[C@H](NC(=O)CC[C@H](CC(=O)CCCCCCCCCCCCCCCCCCC(=O)O)C(=O)O)C(=O)O)C(=O)CN[C@@H](Cc1ccc(O)cc1)C(N)=O. The van der Waals surface area contributed by atoms with E-state index in [-0.39, 0.29) is 163 Å². The Kier molecular flexibility index (Phi) is 47.1. The number of thioether (sulfide) groups is 2. The van der Waals surface area contributed by atoms with Gasteiger partial charge in [-0.25, -0.2) is 4.79 Å².